The monoisotopic (exact) mass is 255 g/mol. The van der Waals surface area contributed by atoms with Gasteiger partial charge in [0.05, 0.1) is 22.8 Å². The molecule has 0 unspecified atom stereocenters. The average Bonchev–Trinajstić information content (AvgIpc) is 2.27. The summed E-state index contributed by atoms with van der Waals surface area (Å²) in [6.07, 6.45) is 0. The lowest BCUT2D eigenvalue weighted by molar-refractivity contribution is 0.304. The van der Waals surface area contributed by atoms with Crippen LogP contribution >= 0.6 is 0 Å². The topological polar surface area (TPSA) is 107 Å². The number of sulfonamides is 1. The summed E-state index contributed by atoms with van der Waals surface area (Å²) in [5.74, 6) is 0. The number of hydrogen-bond donors (Lipinski definition) is 2. The molecule has 92 valence electrons. The van der Waals surface area contributed by atoms with Crippen molar-refractivity contribution in [3.63, 3.8) is 0 Å². The number of nitrogens with two attached hydrogens (primary N) is 1. The number of anilines is 1. The lowest BCUT2D eigenvalue weighted by Crippen LogP contribution is -2.22. The van der Waals surface area contributed by atoms with Crippen molar-refractivity contribution in [2.24, 2.45) is 5.14 Å². The predicted octanol–water partition coefficient (Wildman–Crippen LogP) is -0.366. The van der Waals surface area contributed by atoms with Crippen molar-refractivity contribution in [2.45, 2.75) is 4.90 Å². The molecule has 3 N–H and O–H groups in total. The standard InChI is InChI=1S/C10H13N3O3S/c1-13(4-5-14)10-3-2-9(17(12,15)16)6-8(10)7-11/h2-3,6,14H,4-5H2,1H3,(H2,12,15,16). The van der Waals surface area contributed by atoms with Gasteiger partial charge in [-0.05, 0) is 18.2 Å². The van der Waals surface area contributed by atoms with Crippen molar-refractivity contribution in [3.05, 3.63) is 23.8 Å². The molecule has 7 heteroatoms. The van der Waals surface area contributed by atoms with E-state index in [2.05, 4.69) is 0 Å². The highest BCUT2D eigenvalue weighted by atomic mass is 32.2. The number of benzene rings is 1. The van der Waals surface area contributed by atoms with Crippen LogP contribution in [0.5, 0.6) is 0 Å². The van der Waals surface area contributed by atoms with Gasteiger partial charge >= 0.3 is 0 Å². The first-order chi connectivity index (χ1) is 7.90. The summed E-state index contributed by atoms with van der Waals surface area (Å²) in [6.45, 7) is 0.293. The number of hydrogen-bond acceptors (Lipinski definition) is 5. The van der Waals surface area contributed by atoms with E-state index in [1.165, 1.54) is 18.2 Å². The van der Waals surface area contributed by atoms with Gasteiger partial charge in [-0.2, -0.15) is 5.26 Å². The molecule has 1 rings (SSSR count). The second kappa shape index (κ2) is 5.14. The maximum Gasteiger partial charge on any atom is 0.238 e. The van der Waals surface area contributed by atoms with Crippen LogP contribution in [-0.2, 0) is 10.0 Å². The van der Waals surface area contributed by atoms with E-state index in [0.29, 0.717) is 12.2 Å². The number of primary sulfonamides is 1. The summed E-state index contributed by atoms with van der Waals surface area (Å²) >= 11 is 0. The van der Waals surface area contributed by atoms with Crippen molar-refractivity contribution >= 4 is 15.7 Å². The molecular formula is C10H13N3O3S. The van der Waals surface area contributed by atoms with Crippen LogP contribution in [-0.4, -0.2) is 33.7 Å². The van der Waals surface area contributed by atoms with Crippen LogP contribution in [0.25, 0.3) is 0 Å². The highest BCUT2D eigenvalue weighted by Crippen LogP contribution is 2.21. The zero-order valence-corrected chi connectivity index (χ0v) is 10.1. The Morgan fingerprint density at radius 1 is 1.53 bits per heavy atom. The van der Waals surface area contributed by atoms with Crippen molar-refractivity contribution in [3.8, 4) is 6.07 Å². The summed E-state index contributed by atoms with van der Waals surface area (Å²) in [5, 5.41) is 22.7. The number of nitriles is 1. The molecular weight excluding hydrogens is 242 g/mol. The maximum atomic E-state index is 11.1. The van der Waals surface area contributed by atoms with Gasteiger partial charge in [0.2, 0.25) is 10.0 Å². The zero-order valence-electron chi connectivity index (χ0n) is 9.29. The van der Waals surface area contributed by atoms with Gasteiger partial charge in [-0.25, -0.2) is 13.6 Å². The predicted molar refractivity (Wildman–Crippen MR) is 62.9 cm³/mol. The minimum Gasteiger partial charge on any atom is -0.395 e. The van der Waals surface area contributed by atoms with Gasteiger partial charge in [0, 0.05) is 13.6 Å². The lowest BCUT2D eigenvalue weighted by atomic mass is 10.2. The number of nitrogens with zero attached hydrogens (tertiary/aromatic N) is 2. The number of aliphatic hydroxyl groups excluding tert-OH is 1. The fourth-order valence-corrected chi connectivity index (χ4v) is 1.92. The first-order valence-corrected chi connectivity index (χ1v) is 6.33. The van der Waals surface area contributed by atoms with Gasteiger partial charge in [0.25, 0.3) is 0 Å². The van der Waals surface area contributed by atoms with Gasteiger partial charge in [0.15, 0.2) is 0 Å². The van der Waals surface area contributed by atoms with Crippen LogP contribution in [0.1, 0.15) is 5.56 Å². The minimum atomic E-state index is -3.81. The molecule has 0 saturated carbocycles. The molecule has 1 aromatic rings. The third kappa shape index (κ3) is 3.17. The second-order valence-corrected chi connectivity index (χ2v) is 5.04. The molecule has 0 atom stereocenters. The molecule has 0 aliphatic heterocycles. The highest BCUT2D eigenvalue weighted by molar-refractivity contribution is 7.89. The van der Waals surface area contributed by atoms with Crippen molar-refractivity contribution in [1.29, 1.82) is 5.26 Å². The summed E-state index contributed by atoms with van der Waals surface area (Å²) in [7, 11) is -2.11. The molecule has 0 aromatic heterocycles. The van der Waals surface area contributed by atoms with Gasteiger partial charge in [-0.15, -0.1) is 0 Å². The summed E-state index contributed by atoms with van der Waals surface area (Å²) in [6, 6.07) is 5.95. The van der Waals surface area contributed by atoms with Gasteiger partial charge in [-0.1, -0.05) is 0 Å². The third-order valence-corrected chi connectivity index (χ3v) is 3.17. The third-order valence-electron chi connectivity index (χ3n) is 2.26. The van der Waals surface area contributed by atoms with Crippen LogP contribution < -0.4 is 10.0 Å². The highest BCUT2D eigenvalue weighted by Gasteiger charge is 2.13. The Morgan fingerprint density at radius 3 is 2.65 bits per heavy atom. The van der Waals surface area contributed by atoms with Crippen molar-refractivity contribution < 1.29 is 13.5 Å². The molecule has 0 saturated heterocycles. The molecule has 0 aliphatic rings. The van der Waals surface area contributed by atoms with Crippen LogP contribution in [0.15, 0.2) is 23.1 Å². The molecule has 0 aliphatic carbocycles. The first kappa shape index (κ1) is 13.4. The molecule has 0 fully saturated rings. The average molecular weight is 255 g/mol. The zero-order chi connectivity index (χ0) is 13.1. The van der Waals surface area contributed by atoms with Crippen molar-refractivity contribution in [2.75, 3.05) is 25.1 Å². The maximum absolute atomic E-state index is 11.1. The van der Waals surface area contributed by atoms with Crippen LogP contribution in [0.2, 0.25) is 0 Å². The number of rotatable bonds is 4. The van der Waals surface area contributed by atoms with Crippen LogP contribution in [0, 0.1) is 11.3 Å². The normalized spacial score (nSPS) is 10.9. The SMILES string of the molecule is CN(CCO)c1ccc(S(N)(=O)=O)cc1C#N. The van der Waals surface area contributed by atoms with E-state index in [1.807, 2.05) is 6.07 Å². The van der Waals surface area contributed by atoms with Crippen molar-refractivity contribution in [1.82, 2.24) is 0 Å². The largest absolute Gasteiger partial charge is 0.395 e. The molecule has 1 aromatic carbocycles. The minimum absolute atomic E-state index is 0.0572. The second-order valence-electron chi connectivity index (χ2n) is 3.48. The van der Waals surface area contributed by atoms with E-state index in [-0.39, 0.29) is 17.1 Å². The first-order valence-electron chi connectivity index (χ1n) is 4.79. The molecule has 0 amide bonds. The lowest BCUT2D eigenvalue weighted by Gasteiger charge is -2.19. The fourth-order valence-electron chi connectivity index (χ4n) is 1.38. The van der Waals surface area contributed by atoms with E-state index in [1.54, 1.807) is 11.9 Å². The number of likely N-dealkylation sites (N-methyl/N-ethyl adjacent to an activating group) is 1. The van der Waals surface area contributed by atoms with E-state index in [0.717, 1.165) is 0 Å². The quantitative estimate of drug-likeness (QED) is 0.763. The Balaban J connectivity index is 3.25. The van der Waals surface area contributed by atoms with E-state index < -0.39 is 10.0 Å². The molecule has 0 bridgehead atoms. The fraction of sp³-hybridized carbons (Fsp3) is 0.300. The molecule has 0 radical (unpaired) electrons. The van der Waals surface area contributed by atoms with Gasteiger partial charge in [-0.3, -0.25) is 0 Å². The Kier molecular flexibility index (Phi) is 4.07. The smallest absolute Gasteiger partial charge is 0.238 e. The summed E-state index contributed by atoms with van der Waals surface area (Å²) in [4.78, 5) is 1.56. The summed E-state index contributed by atoms with van der Waals surface area (Å²) < 4.78 is 22.2. The Labute approximate surface area is 99.9 Å². The molecule has 6 nitrogen and oxygen atoms in total. The van der Waals surface area contributed by atoms with E-state index in [4.69, 9.17) is 15.5 Å². The molecule has 0 spiro atoms. The van der Waals surface area contributed by atoms with Gasteiger partial charge in [0.1, 0.15) is 6.07 Å². The summed E-state index contributed by atoms with van der Waals surface area (Å²) in [5.41, 5.74) is 0.751. The Morgan fingerprint density at radius 2 is 2.18 bits per heavy atom. The molecule has 0 heterocycles. The van der Waals surface area contributed by atoms with E-state index in [9.17, 15) is 8.42 Å². The Hall–Kier alpha value is -1.62. The van der Waals surface area contributed by atoms with Crippen LogP contribution in [0.4, 0.5) is 5.69 Å². The van der Waals surface area contributed by atoms with E-state index >= 15 is 0 Å². The molecule has 17 heavy (non-hydrogen) atoms. The van der Waals surface area contributed by atoms with Gasteiger partial charge < -0.3 is 10.0 Å². The Bertz CT molecular complexity index is 548. The number of aliphatic hydroxyl groups is 1. The van der Waals surface area contributed by atoms with Crippen LogP contribution in [0.3, 0.4) is 0 Å².